The average Bonchev–Trinajstić information content (AvgIpc) is 3.26. The summed E-state index contributed by atoms with van der Waals surface area (Å²) in [6, 6.07) is 11.5. The van der Waals surface area contributed by atoms with E-state index in [1.165, 1.54) is 12.8 Å². The molecule has 0 amide bonds. The highest BCUT2D eigenvalue weighted by Crippen LogP contribution is 2.26. The number of nitrogens with zero attached hydrogens (tertiary/aromatic N) is 1. The van der Waals surface area contributed by atoms with E-state index >= 15 is 0 Å². The van der Waals surface area contributed by atoms with E-state index in [9.17, 15) is 5.26 Å². The predicted molar refractivity (Wildman–Crippen MR) is 73.7 cm³/mol. The molecule has 1 N–H and O–H groups in total. The van der Waals surface area contributed by atoms with E-state index in [0.29, 0.717) is 12.0 Å². The van der Waals surface area contributed by atoms with Crippen LogP contribution in [0.1, 0.15) is 30.4 Å². The number of hydrogen-bond acceptors (Lipinski definition) is 3. The Morgan fingerprint density at radius 2 is 2.11 bits per heavy atom. The SMILES string of the molecule is N#Cc1ccccc1C[C@@H]1COCC[C@H]1NC1CC1. The Morgan fingerprint density at radius 3 is 2.89 bits per heavy atom. The summed E-state index contributed by atoms with van der Waals surface area (Å²) in [5.41, 5.74) is 1.96. The number of ether oxygens (including phenoxy) is 1. The van der Waals surface area contributed by atoms with E-state index in [2.05, 4.69) is 17.5 Å². The molecular weight excluding hydrogens is 236 g/mol. The highest BCUT2D eigenvalue weighted by Gasteiger charge is 2.31. The maximum absolute atomic E-state index is 9.17. The number of rotatable bonds is 4. The lowest BCUT2D eigenvalue weighted by Gasteiger charge is -2.32. The molecule has 0 spiro atoms. The van der Waals surface area contributed by atoms with Crippen molar-refractivity contribution < 1.29 is 4.74 Å². The molecule has 1 aromatic carbocycles. The molecule has 3 heteroatoms. The van der Waals surface area contributed by atoms with Crippen molar-refractivity contribution in [2.75, 3.05) is 13.2 Å². The van der Waals surface area contributed by atoms with Gasteiger partial charge in [0.15, 0.2) is 0 Å². The van der Waals surface area contributed by atoms with E-state index < -0.39 is 0 Å². The second-order valence-corrected chi connectivity index (χ2v) is 5.64. The molecule has 3 nitrogen and oxygen atoms in total. The molecule has 0 bridgehead atoms. The average molecular weight is 256 g/mol. The van der Waals surface area contributed by atoms with Crippen molar-refractivity contribution in [2.45, 2.75) is 37.8 Å². The van der Waals surface area contributed by atoms with Crippen LogP contribution < -0.4 is 5.32 Å². The Bertz CT molecular complexity index is 476. The number of hydrogen-bond donors (Lipinski definition) is 1. The maximum Gasteiger partial charge on any atom is 0.0994 e. The molecule has 1 heterocycles. The van der Waals surface area contributed by atoms with Gasteiger partial charge < -0.3 is 10.1 Å². The monoisotopic (exact) mass is 256 g/mol. The van der Waals surface area contributed by atoms with E-state index in [-0.39, 0.29) is 0 Å². The third kappa shape index (κ3) is 3.15. The van der Waals surface area contributed by atoms with Crippen molar-refractivity contribution >= 4 is 0 Å². The minimum Gasteiger partial charge on any atom is -0.381 e. The van der Waals surface area contributed by atoms with Crippen molar-refractivity contribution in [1.82, 2.24) is 5.32 Å². The highest BCUT2D eigenvalue weighted by atomic mass is 16.5. The van der Waals surface area contributed by atoms with Gasteiger partial charge in [0.2, 0.25) is 0 Å². The fourth-order valence-corrected chi connectivity index (χ4v) is 2.86. The lowest BCUT2D eigenvalue weighted by atomic mass is 9.88. The second-order valence-electron chi connectivity index (χ2n) is 5.64. The standard InChI is InChI=1S/C16H20N2O/c17-10-13-4-2-1-3-12(13)9-14-11-19-8-7-16(14)18-15-5-6-15/h1-4,14-16,18H,5-9,11H2/t14-,16-/m1/s1. The molecule has 1 saturated carbocycles. The van der Waals surface area contributed by atoms with Crippen molar-refractivity contribution in [3.63, 3.8) is 0 Å². The van der Waals surface area contributed by atoms with Crippen LogP contribution in [0.2, 0.25) is 0 Å². The van der Waals surface area contributed by atoms with E-state index in [0.717, 1.165) is 43.2 Å². The zero-order valence-corrected chi connectivity index (χ0v) is 11.1. The number of benzene rings is 1. The van der Waals surface area contributed by atoms with Gasteiger partial charge in [-0.1, -0.05) is 18.2 Å². The summed E-state index contributed by atoms with van der Waals surface area (Å²) in [6.07, 6.45) is 4.67. The van der Waals surface area contributed by atoms with Crippen LogP contribution in [0.25, 0.3) is 0 Å². The largest absolute Gasteiger partial charge is 0.381 e. The molecule has 100 valence electrons. The maximum atomic E-state index is 9.17. The van der Waals surface area contributed by atoms with Gasteiger partial charge in [-0.3, -0.25) is 0 Å². The van der Waals surface area contributed by atoms with Crippen LogP contribution in [0.5, 0.6) is 0 Å². The summed E-state index contributed by atoms with van der Waals surface area (Å²) in [4.78, 5) is 0. The first-order valence-corrected chi connectivity index (χ1v) is 7.18. The molecule has 2 atom stereocenters. The third-order valence-corrected chi connectivity index (χ3v) is 4.12. The zero-order chi connectivity index (χ0) is 13.1. The normalized spacial score (nSPS) is 26.9. The Balaban J connectivity index is 1.70. The quantitative estimate of drug-likeness (QED) is 0.898. The summed E-state index contributed by atoms with van der Waals surface area (Å²) >= 11 is 0. The van der Waals surface area contributed by atoms with Gasteiger partial charge in [-0.25, -0.2) is 0 Å². The third-order valence-electron chi connectivity index (χ3n) is 4.12. The van der Waals surface area contributed by atoms with Gasteiger partial charge in [-0.15, -0.1) is 0 Å². The molecule has 19 heavy (non-hydrogen) atoms. The fourth-order valence-electron chi connectivity index (χ4n) is 2.86. The fraction of sp³-hybridized carbons (Fsp3) is 0.562. The Hall–Kier alpha value is -1.37. The first kappa shape index (κ1) is 12.7. The van der Waals surface area contributed by atoms with Crippen LogP contribution >= 0.6 is 0 Å². The number of nitrogens with one attached hydrogen (secondary N) is 1. The molecule has 3 rings (SSSR count). The van der Waals surface area contributed by atoms with Crippen molar-refractivity contribution in [1.29, 1.82) is 5.26 Å². The minimum atomic E-state index is 0.490. The lowest BCUT2D eigenvalue weighted by Crippen LogP contribution is -2.44. The second kappa shape index (κ2) is 5.73. The van der Waals surface area contributed by atoms with Crippen molar-refractivity contribution in [3.8, 4) is 6.07 Å². The van der Waals surface area contributed by atoms with E-state index in [1.54, 1.807) is 0 Å². The van der Waals surface area contributed by atoms with Gasteiger partial charge >= 0.3 is 0 Å². The lowest BCUT2D eigenvalue weighted by molar-refractivity contribution is 0.0316. The summed E-state index contributed by atoms with van der Waals surface area (Å²) < 4.78 is 5.64. The molecule has 1 aliphatic heterocycles. The predicted octanol–water partition coefficient (Wildman–Crippen LogP) is 2.26. The minimum absolute atomic E-state index is 0.490. The van der Waals surface area contributed by atoms with E-state index in [1.807, 2.05) is 18.2 Å². The molecule has 1 aliphatic carbocycles. The summed E-state index contributed by atoms with van der Waals surface area (Å²) in [6.45, 7) is 1.67. The smallest absolute Gasteiger partial charge is 0.0994 e. The van der Waals surface area contributed by atoms with Crippen LogP contribution in [0.3, 0.4) is 0 Å². The topological polar surface area (TPSA) is 45.0 Å². The van der Waals surface area contributed by atoms with Crippen molar-refractivity contribution in [3.05, 3.63) is 35.4 Å². The molecular formula is C16H20N2O. The van der Waals surface area contributed by atoms with Crippen LogP contribution in [-0.4, -0.2) is 25.3 Å². The van der Waals surface area contributed by atoms with Gasteiger partial charge in [0.05, 0.1) is 18.2 Å². The molecule has 1 saturated heterocycles. The molecule has 1 aromatic rings. The molecule has 2 fully saturated rings. The molecule has 0 unspecified atom stereocenters. The Morgan fingerprint density at radius 1 is 1.26 bits per heavy atom. The van der Waals surface area contributed by atoms with Crippen LogP contribution in [0, 0.1) is 17.2 Å². The highest BCUT2D eigenvalue weighted by molar-refractivity contribution is 5.37. The van der Waals surface area contributed by atoms with Crippen LogP contribution in [-0.2, 0) is 11.2 Å². The molecule has 0 aromatic heterocycles. The summed E-state index contributed by atoms with van der Waals surface area (Å²) in [7, 11) is 0. The van der Waals surface area contributed by atoms with Gasteiger partial charge in [-0.2, -0.15) is 5.26 Å². The van der Waals surface area contributed by atoms with Gasteiger partial charge in [0, 0.05) is 24.6 Å². The van der Waals surface area contributed by atoms with Crippen molar-refractivity contribution in [2.24, 2.45) is 5.92 Å². The van der Waals surface area contributed by atoms with Gasteiger partial charge in [-0.05, 0) is 37.3 Å². The summed E-state index contributed by atoms with van der Waals surface area (Å²) in [5, 5.41) is 12.9. The summed E-state index contributed by atoms with van der Waals surface area (Å²) in [5.74, 6) is 0.490. The zero-order valence-electron chi connectivity index (χ0n) is 11.1. The molecule has 2 aliphatic rings. The first-order valence-electron chi connectivity index (χ1n) is 7.18. The number of nitriles is 1. The van der Waals surface area contributed by atoms with Crippen LogP contribution in [0.15, 0.2) is 24.3 Å². The van der Waals surface area contributed by atoms with Crippen LogP contribution in [0.4, 0.5) is 0 Å². The van der Waals surface area contributed by atoms with Gasteiger partial charge in [0.25, 0.3) is 0 Å². The first-order chi connectivity index (χ1) is 9.36. The Kier molecular flexibility index (Phi) is 3.82. The molecule has 0 radical (unpaired) electrons. The Labute approximate surface area is 114 Å². The van der Waals surface area contributed by atoms with E-state index in [4.69, 9.17) is 4.74 Å². The van der Waals surface area contributed by atoms with Gasteiger partial charge in [0.1, 0.15) is 0 Å².